The highest BCUT2D eigenvalue weighted by atomic mass is 32.2. The third-order valence-corrected chi connectivity index (χ3v) is 4.74. The van der Waals surface area contributed by atoms with Gasteiger partial charge < -0.3 is 9.66 Å². The summed E-state index contributed by atoms with van der Waals surface area (Å²) >= 11 is -0.693. The second-order valence-corrected chi connectivity index (χ2v) is 6.80. The van der Waals surface area contributed by atoms with E-state index < -0.39 is 11.2 Å². The normalized spacial score (nSPS) is 12.8. The van der Waals surface area contributed by atoms with E-state index in [0.717, 1.165) is 12.2 Å². The van der Waals surface area contributed by atoms with Crippen molar-refractivity contribution in [2.45, 2.75) is 77.6 Å². The third-order valence-electron chi connectivity index (χ3n) is 3.26. The van der Waals surface area contributed by atoms with Crippen molar-refractivity contribution in [2.75, 3.05) is 18.1 Å². The Bertz CT molecular complexity index is 153. The van der Waals surface area contributed by atoms with Crippen LogP contribution in [-0.2, 0) is 11.2 Å². The minimum absolute atomic E-state index is 0.170. The Morgan fingerprint density at radius 2 is 1.17 bits per heavy atom. The summed E-state index contributed by atoms with van der Waals surface area (Å²) in [6.07, 6.45) is 13.9. The number of aliphatic hydroxyl groups excluding tert-OH is 1. The molecule has 2 nitrogen and oxygen atoms in total. The lowest BCUT2D eigenvalue weighted by molar-refractivity contribution is 0.295. The molecule has 0 bridgehead atoms. The Morgan fingerprint density at radius 1 is 0.722 bits per heavy atom. The SMILES string of the molecule is CCCCCCCCCCCC[S+]([O-])CCCO. The molecular weight excluding hydrogens is 244 g/mol. The first-order valence-electron chi connectivity index (χ1n) is 7.77. The fraction of sp³-hybridized carbons (Fsp3) is 1.00. The Balaban J connectivity index is 3.02. The van der Waals surface area contributed by atoms with Gasteiger partial charge in [-0.25, -0.2) is 0 Å². The lowest BCUT2D eigenvalue weighted by Gasteiger charge is -2.09. The molecule has 0 fully saturated rings. The highest BCUT2D eigenvalue weighted by molar-refractivity contribution is 7.91. The van der Waals surface area contributed by atoms with E-state index in [1.54, 1.807) is 0 Å². The van der Waals surface area contributed by atoms with Gasteiger partial charge in [-0.2, -0.15) is 0 Å². The van der Waals surface area contributed by atoms with E-state index in [0.29, 0.717) is 12.2 Å². The van der Waals surface area contributed by atoms with Gasteiger partial charge >= 0.3 is 0 Å². The van der Waals surface area contributed by atoms with Crippen LogP contribution in [0.4, 0.5) is 0 Å². The van der Waals surface area contributed by atoms with Crippen LogP contribution in [0.1, 0.15) is 77.6 Å². The van der Waals surface area contributed by atoms with Crippen LogP contribution in [0.3, 0.4) is 0 Å². The molecule has 110 valence electrons. The monoisotopic (exact) mass is 276 g/mol. The summed E-state index contributed by atoms with van der Waals surface area (Å²) in [6.45, 7) is 2.42. The minimum atomic E-state index is -0.693. The molecule has 1 unspecified atom stereocenters. The molecule has 0 aromatic heterocycles. The highest BCUT2D eigenvalue weighted by Gasteiger charge is 2.04. The first-order chi connectivity index (χ1) is 8.81. The van der Waals surface area contributed by atoms with Gasteiger partial charge in [-0.15, -0.1) is 0 Å². The first-order valence-corrected chi connectivity index (χ1v) is 9.26. The molecule has 0 aliphatic rings. The van der Waals surface area contributed by atoms with Crippen LogP contribution < -0.4 is 0 Å². The molecule has 1 atom stereocenters. The zero-order valence-electron chi connectivity index (χ0n) is 12.2. The van der Waals surface area contributed by atoms with Crippen LogP contribution in [0.25, 0.3) is 0 Å². The Labute approximate surface area is 117 Å². The summed E-state index contributed by atoms with van der Waals surface area (Å²) in [4.78, 5) is 0. The van der Waals surface area contributed by atoms with E-state index in [1.807, 2.05) is 0 Å². The largest absolute Gasteiger partial charge is 0.616 e. The number of rotatable bonds is 14. The summed E-state index contributed by atoms with van der Waals surface area (Å²) in [7, 11) is 0. The second kappa shape index (κ2) is 15.3. The van der Waals surface area contributed by atoms with Gasteiger partial charge in [-0.05, 0) is 12.8 Å². The van der Waals surface area contributed by atoms with Crippen molar-refractivity contribution in [3.05, 3.63) is 0 Å². The number of aliphatic hydroxyl groups is 1. The van der Waals surface area contributed by atoms with Gasteiger partial charge in [0.05, 0.1) is 0 Å². The molecule has 0 spiro atoms. The topological polar surface area (TPSA) is 43.3 Å². The lowest BCUT2D eigenvalue weighted by Crippen LogP contribution is -2.12. The van der Waals surface area contributed by atoms with Crippen molar-refractivity contribution >= 4 is 11.2 Å². The van der Waals surface area contributed by atoms with Crippen LogP contribution in [0, 0.1) is 0 Å². The van der Waals surface area contributed by atoms with Gasteiger partial charge in [-0.1, -0.05) is 69.5 Å². The number of hydrogen-bond donors (Lipinski definition) is 1. The van der Waals surface area contributed by atoms with Crippen molar-refractivity contribution in [1.82, 2.24) is 0 Å². The van der Waals surface area contributed by atoms with Crippen molar-refractivity contribution in [3.63, 3.8) is 0 Å². The molecule has 0 rings (SSSR count). The predicted octanol–water partition coefficient (Wildman–Crippen LogP) is 4.04. The fourth-order valence-corrected chi connectivity index (χ4v) is 3.26. The van der Waals surface area contributed by atoms with Crippen molar-refractivity contribution in [1.29, 1.82) is 0 Å². The van der Waals surface area contributed by atoms with E-state index in [2.05, 4.69) is 6.92 Å². The third kappa shape index (κ3) is 14.3. The molecule has 0 aromatic rings. The van der Waals surface area contributed by atoms with Crippen LogP contribution in [-0.4, -0.2) is 27.8 Å². The van der Waals surface area contributed by atoms with Crippen LogP contribution in [0.5, 0.6) is 0 Å². The molecular formula is C15H32O2S. The molecule has 0 heterocycles. The van der Waals surface area contributed by atoms with E-state index in [4.69, 9.17) is 5.11 Å². The summed E-state index contributed by atoms with van der Waals surface area (Å²) in [6, 6.07) is 0. The molecule has 0 radical (unpaired) electrons. The predicted molar refractivity (Wildman–Crippen MR) is 81.4 cm³/mol. The molecule has 1 N–H and O–H groups in total. The maximum Gasteiger partial charge on any atom is 0.107 e. The van der Waals surface area contributed by atoms with Crippen LogP contribution >= 0.6 is 0 Å². The first kappa shape index (κ1) is 18.3. The molecule has 0 saturated carbocycles. The zero-order chi connectivity index (χ0) is 13.5. The zero-order valence-corrected chi connectivity index (χ0v) is 13.0. The Hall–Kier alpha value is 0.270. The number of hydrogen-bond acceptors (Lipinski definition) is 2. The quantitative estimate of drug-likeness (QED) is 0.384. The molecule has 0 aliphatic heterocycles. The summed E-state index contributed by atoms with van der Waals surface area (Å²) < 4.78 is 11.4. The van der Waals surface area contributed by atoms with E-state index in [1.165, 1.54) is 57.8 Å². The lowest BCUT2D eigenvalue weighted by atomic mass is 10.1. The summed E-state index contributed by atoms with van der Waals surface area (Å²) in [5, 5.41) is 8.63. The van der Waals surface area contributed by atoms with Gasteiger partial charge in [0.1, 0.15) is 11.5 Å². The average Bonchev–Trinajstić information content (AvgIpc) is 2.38. The fourth-order valence-electron chi connectivity index (χ4n) is 2.08. The minimum Gasteiger partial charge on any atom is -0.616 e. The second-order valence-electron chi connectivity index (χ2n) is 5.11. The Morgan fingerprint density at radius 3 is 1.67 bits per heavy atom. The van der Waals surface area contributed by atoms with Crippen LogP contribution in [0.2, 0.25) is 0 Å². The number of unbranched alkanes of at least 4 members (excludes halogenated alkanes) is 9. The Kier molecular flexibility index (Phi) is 15.6. The highest BCUT2D eigenvalue weighted by Crippen LogP contribution is 2.11. The van der Waals surface area contributed by atoms with E-state index in [-0.39, 0.29) is 6.61 Å². The summed E-state index contributed by atoms with van der Waals surface area (Å²) in [5.41, 5.74) is 0. The van der Waals surface area contributed by atoms with E-state index >= 15 is 0 Å². The van der Waals surface area contributed by atoms with E-state index in [9.17, 15) is 4.55 Å². The van der Waals surface area contributed by atoms with Crippen molar-refractivity contribution in [3.8, 4) is 0 Å². The van der Waals surface area contributed by atoms with Gasteiger partial charge in [0.25, 0.3) is 0 Å². The molecule has 0 aromatic carbocycles. The van der Waals surface area contributed by atoms with Crippen molar-refractivity contribution < 1.29 is 9.66 Å². The van der Waals surface area contributed by atoms with Crippen molar-refractivity contribution in [2.24, 2.45) is 0 Å². The molecule has 0 aliphatic carbocycles. The van der Waals surface area contributed by atoms with Gasteiger partial charge in [-0.3, -0.25) is 0 Å². The standard InChI is InChI=1S/C15H32O2S/c1-2-3-4-5-6-7-8-9-10-11-14-18(17)15-12-13-16/h16H,2-15H2,1H3. The van der Waals surface area contributed by atoms with Gasteiger partial charge in [0, 0.05) is 13.0 Å². The molecule has 0 amide bonds. The van der Waals surface area contributed by atoms with Crippen LogP contribution in [0.15, 0.2) is 0 Å². The molecule has 0 saturated heterocycles. The average molecular weight is 276 g/mol. The summed E-state index contributed by atoms with van der Waals surface area (Å²) in [5.74, 6) is 1.50. The molecule has 3 heteroatoms. The maximum atomic E-state index is 11.4. The van der Waals surface area contributed by atoms with Gasteiger partial charge in [0.15, 0.2) is 0 Å². The van der Waals surface area contributed by atoms with Gasteiger partial charge in [0.2, 0.25) is 0 Å². The smallest absolute Gasteiger partial charge is 0.107 e. The molecule has 18 heavy (non-hydrogen) atoms. The maximum absolute atomic E-state index is 11.4.